The Hall–Kier alpha value is -2.01. The normalized spacial score (nSPS) is 10.3. The number of hydrogen-bond donors (Lipinski definition) is 2. The molecule has 0 heterocycles. The van der Waals surface area contributed by atoms with Crippen LogP contribution in [0, 0.1) is 0 Å². The highest BCUT2D eigenvalue weighted by Crippen LogP contribution is 1.91. The molecule has 0 aromatic carbocycles. The highest BCUT2D eigenvalue weighted by Gasteiger charge is 2.03. The molecule has 0 unspecified atom stereocenters. The van der Waals surface area contributed by atoms with Gasteiger partial charge in [0.25, 0.3) is 0 Å². The number of carboxylic acid groups (broad SMARTS) is 1. The molecule has 0 spiro atoms. The van der Waals surface area contributed by atoms with Gasteiger partial charge in [0.2, 0.25) is 5.91 Å². The summed E-state index contributed by atoms with van der Waals surface area (Å²) in [7, 11) is 0. The SMILES string of the molecule is C=C(C)C(=O)OCCOCCOCCOCCNC(=O)COCC(=O)O. The lowest BCUT2D eigenvalue weighted by atomic mass is 10.4. The van der Waals surface area contributed by atoms with Gasteiger partial charge >= 0.3 is 11.9 Å². The summed E-state index contributed by atoms with van der Waals surface area (Å²) < 4.78 is 25.2. The third-order valence-electron chi connectivity index (χ3n) is 2.58. The summed E-state index contributed by atoms with van der Waals surface area (Å²) in [6.45, 7) is 6.77. The number of esters is 1. The van der Waals surface area contributed by atoms with Gasteiger partial charge in [0.15, 0.2) is 0 Å². The number of amides is 1. The zero-order chi connectivity index (χ0) is 19.6. The Morgan fingerprint density at radius 1 is 0.846 bits per heavy atom. The van der Waals surface area contributed by atoms with Gasteiger partial charge in [-0.25, -0.2) is 9.59 Å². The summed E-state index contributed by atoms with van der Waals surface area (Å²) in [6, 6.07) is 0. The molecule has 10 nitrogen and oxygen atoms in total. The Balaban J connectivity index is 3.22. The average molecular weight is 377 g/mol. The molecule has 0 aliphatic rings. The van der Waals surface area contributed by atoms with Crippen molar-refractivity contribution in [3.05, 3.63) is 12.2 Å². The van der Waals surface area contributed by atoms with Crippen LogP contribution in [0.25, 0.3) is 0 Å². The van der Waals surface area contributed by atoms with Gasteiger partial charge in [0.05, 0.1) is 39.6 Å². The predicted octanol–water partition coefficient (Wildman–Crippen LogP) is -0.627. The van der Waals surface area contributed by atoms with E-state index in [1.54, 1.807) is 6.92 Å². The van der Waals surface area contributed by atoms with Gasteiger partial charge in [-0.2, -0.15) is 0 Å². The highest BCUT2D eigenvalue weighted by molar-refractivity contribution is 5.86. The molecule has 0 saturated carbocycles. The van der Waals surface area contributed by atoms with Crippen molar-refractivity contribution in [2.24, 2.45) is 0 Å². The fourth-order valence-electron chi connectivity index (χ4n) is 1.40. The minimum atomic E-state index is -1.13. The zero-order valence-corrected chi connectivity index (χ0v) is 15.0. The van der Waals surface area contributed by atoms with Crippen molar-refractivity contribution < 1.29 is 43.2 Å². The van der Waals surface area contributed by atoms with Crippen LogP contribution in [0.1, 0.15) is 6.92 Å². The van der Waals surface area contributed by atoms with E-state index in [9.17, 15) is 14.4 Å². The van der Waals surface area contributed by atoms with Gasteiger partial charge in [-0.1, -0.05) is 6.58 Å². The maximum absolute atomic E-state index is 11.2. The fourth-order valence-corrected chi connectivity index (χ4v) is 1.40. The summed E-state index contributed by atoms with van der Waals surface area (Å²) in [5.74, 6) is -1.97. The third-order valence-corrected chi connectivity index (χ3v) is 2.58. The van der Waals surface area contributed by atoms with Crippen LogP contribution in [0.5, 0.6) is 0 Å². The molecule has 2 N–H and O–H groups in total. The maximum atomic E-state index is 11.2. The number of hydrogen-bond acceptors (Lipinski definition) is 8. The number of nitrogens with one attached hydrogen (secondary N) is 1. The number of carboxylic acids is 1. The van der Waals surface area contributed by atoms with Crippen LogP contribution in [0.2, 0.25) is 0 Å². The monoisotopic (exact) mass is 377 g/mol. The standard InChI is InChI=1S/C16H27NO9/c1-13(2)16(21)26-10-9-24-8-7-23-6-5-22-4-3-17-14(18)11-25-12-15(19)20/h1,3-12H2,2H3,(H,17,18)(H,19,20). The van der Waals surface area contributed by atoms with Crippen LogP contribution in [0.4, 0.5) is 0 Å². The van der Waals surface area contributed by atoms with E-state index in [4.69, 9.17) is 24.1 Å². The van der Waals surface area contributed by atoms with Crippen LogP contribution >= 0.6 is 0 Å². The zero-order valence-electron chi connectivity index (χ0n) is 15.0. The van der Waals surface area contributed by atoms with Crippen LogP contribution in [0.15, 0.2) is 12.2 Å². The number of carbonyl (C=O) groups is 3. The van der Waals surface area contributed by atoms with Crippen LogP contribution in [0.3, 0.4) is 0 Å². The van der Waals surface area contributed by atoms with Gasteiger partial charge in [0.1, 0.15) is 19.8 Å². The molecule has 1 amide bonds. The Kier molecular flexibility index (Phi) is 15.2. The second-order valence-corrected chi connectivity index (χ2v) is 4.99. The Bertz CT molecular complexity index is 439. The summed E-state index contributed by atoms with van der Waals surface area (Å²) in [4.78, 5) is 32.5. The van der Waals surface area contributed by atoms with E-state index in [0.29, 0.717) is 45.2 Å². The summed E-state index contributed by atoms with van der Waals surface area (Å²) in [5.41, 5.74) is 0.347. The smallest absolute Gasteiger partial charge is 0.333 e. The van der Waals surface area contributed by atoms with Gasteiger partial charge in [-0.15, -0.1) is 0 Å². The molecule has 0 radical (unpaired) electrons. The van der Waals surface area contributed by atoms with E-state index >= 15 is 0 Å². The molecule has 0 bridgehead atoms. The van der Waals surface area contributed by atoms with Crippen molar-refractivity contribution in [2.45, 2.75) is 6.92 Å². The van der Waals surface area contributed by atoms with Gasteiger partial charge in [0, 0.05) is 12.1 Å². The quantitative estimate of drug-likeness (QED) is 0.193. The molecular weight excluding hydrogens is 350 g/mol. The fraction of sp³-hybridized carbons (Fsp3) is 0.688. The first-order valence-corrected chi connectivity index (χ1v) is 8.05. The van der Waals surface area contributed by atoms with E-state index < -0.39 is 24.5 Å². The molecule has 0 fully saturated rings. The van der Waals surface area contributed by atoms with Gasteiger partial charge in [-0.05, 0) is 6.92 Å². The number of rotatable bonds is 17. The van der Waals surface area contributed by atoms with Crippen LogP contribution in [-0.2, 0) is 38.1 Å². The summed E-state index contributed by atoms with van der Waals surface area (Å²) in [5, 5.41) is 10.9. The van der Waals surface area contributed by atoms with Crippen molar-refractivity contribution in [1.29, 1.82) is 0 Å². The first kappa shape index (κ1) is 24.0. The van der Waals surface area contributed by atoms with E-state index in [1.807, 2.05) is 0 Å². The Morgan fingerprint density at radius 3 is 1.92 bits per heavy atom. The molecule has 0 saturated heterocycles. The minimum absolute atomic E-state index is 0.169. The van der Waals surface area contributed by atoms with Crippen LogP contribution in [-0.4, -0.2) is 89.0 Å². The number of aliphatic carboxylic acids is 1. The van der Waals surface area contributed by atoms with Crippen LogP contribution < -0.4 is 5.32 Å². The molecule has 0 aliphatic heterocycles. The lowest BCUT2D eigenvalue weighted by Gasteiger charge is -2.08. The summed E-state index contributed by atoms with van der Waals surface area (Å²) >= 11 is 0. The van der Waals surface area contributed by atoms with Gasteiger partial charge in [-0.3, -0.25) is 4.79 Å². The van der Waals surface area contributed by atoms with Crippen molar-refractivity contribution in [2.75, 3.05) is 66.0 Å². The second-order valence-electron chi connectivity index (χ2n) is 4.99. The van der Waals surface area contributed by atoms with Crippen molar-refractivity contribution in [3.8, 4) is 0 Å². The van der Waals surface area contributed by atoms with Crippen molar-refractivity contribution in [3.63, 3.8) is 0 Å². The van der Waals surface area contributed by atoms with Crippen molar-refractivity contribution in [1.82, 2.24) is 5.32 Å². The number of ether oxygens (including phenoxy) is 5. The van der Waals surface area contributed by atoms with Crippen molar-refractivity contribution >= 4 is 17.8 Å². The molecule has 0 rings (SSSR count). The second kappa shape index (κ2) is 16.5. The molecule has 10 heteroatoms. The van der Waals surface area contributed by atoms with E-state index in [1.165, 1.54) is 0 Å². The molecule has 0 atom stereocenters. The van der Waals surface area contributed by atoms with Gasteiger partial charge < -0.3 is 34.1 Å². The third kappa shape index (κ3) is 16.8. The van der Waals surface area contributed by atoms with E-state index in [0.717, 1.165) is 0 Å². The van der Waals surface area contributed by atoms with E-state index in [-0.39, 0.29) is 19.8 Å². The number of carbonyl (C=O) groups excluding carboxylic acids is 2. The van der Waals surface area contributed by atoms with E-state index in [2.05, 4.69) is 16.6 Å². The molecule has 150 valence electrons. The minimum Gasteiger partial charge on any atom is -0.480 e. The lowest BCUT2D eigenvalue weighted by Crippen LogP contribution is -2.31. The topological polar surface area (TPSA) is 130 Å². The predicted molar refractivity (Wildman–Crippen MR) is 89.7 cm³/mol. The average Bonchev–Trinajstić information content (AvgIpc) is 2.58. The Morgan fingerprint density at radius 2 is 1.38 bits per heavy atom. The lowest BCUT2D eigenvalue weighted by molar-refractivity contribution is -0.144. The first-order chi connectivity index (χ1) is 12.4. The molecule has 0 aromatic heterocycles. The molecular formula is C16H27NO9. The molecule has 0 aromatic rings. The maximum Gasteiger partial charge on any atom is 0.333 e. The largest absolute Gasteiger partial charge is 0.480 e. The first-order valence-electron chi connectivity index (χ1n) is 8.05. The highest BCUT2D eigenvalue weighted by atomic mass is 16.6. The summed E-state index contributed by atoms with van der Waals surface area (Å²) in [6.07, 6.45) is 0. The Labute approximate surface area is 152 Å². The molecule has 26 heavy (non-hydrogen) atoms. The molecule has 0 aliphatic carbocycles.